The highest BCUT2D eigenvalue weighted by molar-refractivity contribution is 14.0. The van der Waals surface area contributed by atoms with Crippen LogP contribution < -0.4 is 10.6 Å². The number of hydrogen-bond acceptors (Lipinski definition) is 3. The number of aliphatic imine (C=N–C) groups is 1. The van der Waals surface area contributed by atoms with E-state index in [9.17, 15) is 5.11 Å². The molecule has 126 valence electrons. The van der Waals surface area contributed by atoms with Gasteiger partial charge in [0.1, 0.15) is 0 Å². The van der Waals surface area contributed by atoms with Gasteiger partial charge in [0.2, 0.25) is 0 Å². The summed E-state index contributed by atoms with van der Waals surface area (Å²) in [7, 11) is 1.73. The summed E-state index contributed by atoms with van der Waals surface area (Å²) in [6, 6.07) is 0. The molecule has 0 bridgehead atoms. The molecule has 1 atom stereocenters. The Morgan fingerprint density at radius 1 is 1.33 bits per heavy atom. The van der Waals surface area contributed by atoms with Crippen molar-refractivity contribution >= 4 is 29.9 Å². The number of nitrogens with zero attached hydrogens (tertiary/aromatic N) is 1. The molecule has 0 aromatic carbocycles. The van der Waals surface area contributed by atoms with Crippen LogP contribution in [0.1, 0.15) is 47.0 Å². The molecule has 0 amide bonds. The lowest BCUT2D eigenvalue weighted by Crippen LogP contribution is -2.47. The first kappa shape index (κ1) is 20.9. The lowest BCUT2D eigenvalue weighted by molar-refractivity contribution is -0.0236. The van der Waals surface area contributed by atoms with E-state index in [0.29, 0.717) is 13.1 Å². The normalized spacial score (nSPS) is 19.2. The number of methoxy groups -OCH3 is 1. The number of hydrogen-bond donors (Lipinski definition) is 3. The Balaban J connectivity index is 0.00000400. The Kier molecular flexibility index (Phi) is 9.11. The average molecular weight is 413 g/mol. The molecule has 1 rings (SSSR count). The van der Waals surface area contributed by atoms with Gasteiger partial charge in [-0.1, -0.05) is 20.8 Å². The van der Waals surface area contributed by atoms with Crippen molar-refractivity contribution in [3.63, 3.8) is 0 Å². The number of nitrogens with one attached hydrogen (secondary N) is 2. The van der Waals surface area contributed by atoms with E-state index in [4.69, 9.17) is 4.74 Å². The van der Waals surface area contributed by atoms with Crippen molar-refractivity contribution in [1.29, 1.82) is 0 Å². The monoisotopic (exact) mass is 413 g/mol. The van der Waals surface area contributed by atoms with Crippen LogP contribution in [0.25, 0.3) is 0 Å². The zero-order chi connectivity index (χ0) is 15.2. The summed E-state index contributed by atoms with van der Waals surface area (Å²) in [5.74, 6) is 0.749. The molecule has 3 N–H and O–H groups in total. The quantitative estimate of drug-likeness (QED) is 0.355. The second kappa shape index (κ2) is 9.15. The molecule has 0 aromatic rings. The first-order valence-corrected chi connectivity index (χ1v) is 7.58. The first-order valence-electron chi connectivity index (χ1n) is 7.58. The van der Waals surface area contributed by atoms with Crippen LogP contribution in [-0.2, 0) is 4.74 Å². The van der Waals surface area contributed by atoms with Crippen molar-refractivity contribution in [3.8, 4) is 0 Å². The Morgan fingerprint density at radius 3 is 2.33 bits per heavy atom. The number of ether oxygens (including phenoxy) is 1. The number of halogens is 1. The zero-order valence-electron chi connectivity index (χ0n) is 14.0. The van der Waals surface area contributed by atoms with Crippen LogP contribution in [0.3, 0.4) is 0 Å². The third-order valence-electron chi connectivity index (χ3n) is 3.87. The first-order chi connectivity index (χ1) is 9.30. The van der Waals surface area contributed by atoms with E-state index < -0.39 is 5.60 Å². The third-order valence-corrected chi connectivity index (χ3v) is 3.87. The van der Waals surface area contributed by atoms with E-state index in [1.54, 1.807) is 7.11 Å². The van der Waals surface area contributed by atoms with Crippen LogP contribution in [0.5, 0.6) is 0 Å². The maximum absolute atomic E-state index is 10.1. The number of guanidine groups is 1. The molecule has 0 aliphatic heterocycles. The lowest BCUT2D eigenvalue weighted by atomic mass is 9.80. The fourth-order valence-electron chi connectivity index (χ4n) is 2.24. The van der Waals surface area contributed by atoms with E-state index in [0.717, 1.165) is 31.8 Å². The Labute approximate surface area is 146 Å². The van der Waals surface area contributed by atoms with Gasteiger partial charge < -0.3 is 20.5 Å². The molecule has 5 nitrogen and oxygen atoms in total. The zero-order valence-corrected chi connectivity index (χ0v) is 16.4. The Hall–Kier alpha value is -0.0800. The summed E-state index contributed by atoms with van der Waals surface area (Å²) in [5.41, 5.74) is -0.502. The molecule has 1 unspecified atom stereocenters. The summed E-state index contributed by atoms with van der Waals surface area (Å²) in [6.07, 6.45) is 2.93. The van der Waals surface area contributed by atoms with Crippen molar-refractivity contribution in [2.24, 2.45) is 10.4 Å². The maximum Gasteiger partial charge on any atom is 0.191 e. The predicted octanol–water partition coefficient (Wildman–Crippen LogP) is 2.14. The van der Waals surface area contributed by atoms with Gasteiger partial charge in [0.15, 0.2) is 5.96 Å². The van der Waals surface area contributed by atoms with Crippen LogP contribution in [0.15, 0.2) is 4.99 Å². The molecule has 1 saturated carbocycles. The molecule has 6 heteroatoms. The highest BCUT2D eigenvalue weighted by Gasteiger charge is 2.34. The molecular formula is C15H32IN3O2. The average Bonchev–Trinajstić information content (AvgIpc) is 2.32. The standard InChI is InChI=1S/C15H31N3O2.HI/c1-6-16-13(18-11-15(19)8-7-9-15)17-10-12(20-5)14(2,3)4;/h12,19H,6-11H2,1-5H3,(H2,16,17,18);1H. The van der Waals surface area contributed by atoms with E-state index >= 15 is 0 Å². The molecular weight excluding hydrogens is 381 g/mol. The third kappa shape index (κ3) is 7.15. The predicted molar refractivity (Wildman–Crippen MR) is 98.4 cm³/mol. The van der Waals surface area contributed by atoms with E-state index in [-0.39, 0.29) is 35.5 Å². The van der Waals surface area contributed by atoms with Crippen LogP contribution in [0.2, 0.25) is 0 Å². The van der Waals surface area contributed by atoms with Gasteiger partial charge in [-0.2, -0.15) is 0 Å². The summed E-state index contributed by atoms with van der Waals surface area (Å²) >= 11 is 0. The van der Waals surface area contributed by atoms with Crippen LogP contribution in [0.4, 0.5) is 0 Å². The van der Waals surface area contributed by atoms with Crippen molar-refractivity contribution in [2.75, 3.05) is 26.7 Å². The summed E-state index contributed by atoms with van der Waals surface area (Å²) in [5, 5.41) is 16.6. The van der Waals surface area contributed by atoms with Gasteiger partial charge >= 0.3 is 0 Å². The number of aliphatic hydroxyl groups is 1. The smallest absolute Gasteiger partial charge is 0.191 e. The topological polar surface area (TPSA) is 65.9 Å². The van der Waals surface area contributed by atoms with Crippen molar-refractivity contribution in [2.45, 2.75) is 58.7 Å². The second-order valence-electron chi connectivity index (χ2n) is 6.74. The van der Waals surface area contributed by atoms with Gasteiger partial charge in [-0.25, -0.2) is 0 Å². The molecule has 1 aliphatic rings. The Bertz CT molecular complexity index is 325. The van der Waals surface area contributed by atoms with Gasteiger partial charge in [-0.05, 0) is 31.6 Å². The summed E-state index contributed by atoms with van der Waals surface area (Å²) < 4.78 is 5.53. The highest BCUT2D eigenvalue weighted by Crippen LogP contribution is 2.31. The molecule has 0 heterocycles. The second-order valence-corrected chi connectivity index (χ2v) is 6.74. The molecule has 21 heavy (non-hydrogen) atoms. The SMILES string of the molecule is CCNC(=NCC1(O)CCC1)NCC(OC)C(C)(C)C.I. The van der Waals surface area contributed by atoms with Gasteiger partial charge in [0.25, 0.3) is 0 Å². The summed E-state index contributed by atoms with van der Waals surface area (Å²) in [6.45, 7) is 10.5. The molecule has 0 spiro atoms. The maximum atomic E-state index is 10.1. The van der Waals surface area contributed by atoms with Crippen molar-refractivity contribution < 1.29 is 9.84 Å². The highest BCUT2D eigenvalue weighted by atomic mass is 127. The molecule has 0 radical (unpaired) electrons. The lowest BCUT2D eigenvalue weighted by Gasteiger charge is -2.35. The number of rotatable bonds is 6. The minimum atomic E-state index is -0.576. The molecule has 0 aromatic heterocycles. The van der Waals surface area contributed by atoms with Crippen LogP contribution in [-0.4, -0.2) is 49.5 Å². The molecule has 1 fully saturated rings. The van der Waals surface area contributed by atoms with Gasteiger partial charge in [0.05, 0.1) is 18.2 Å². The fourth-order valence-corrected chi connectivity index (χ4v) is 2.24. The van der Waals surface area contributed by atoms with E-state index in [1.165, 1.54) is 0 Å². The summed E-state index contributed by atoms with van der Waals surface area (Å²) in [4.78, 5) is 4.48. The van der Waals surface area contributed by atoms with Gasteiger partial charge in [-0.15, -0.1) is 24.0 Å². The van der Waals surface area contributed by atoms with Crippen LogP contribution >= 0.6 is 24.0 Å². The van der Waals surface area contributed by atoms with Gasteiger partial charge in [0, 0.05) is 20.2 Å². The van der Waals surface area contributed by atoms with E-state index in [1.807, 2.05) is 6.92 Å². The minimum absolute atomic E-state index is 0. The minimum Gasteiger partial charge on any atom is -0.388 e. The van der Waals surface area contributed by atoms with Crippen molar-refractivity contribution in [1.82, 2.24) is 10.6 Å². The van der Waals surface area contributed by atoms with Crippen molar-refractivity contribution in [3.05, 3.63) is 0 Å². The Morgan fingerprint density at radius 2 is 1.95 bits per heavy atom. The molecule has 0 saturated heterocycles. The van der Waals surface area contributed by atoms with Gasteiger partial charge in [-0.3, -0.25) is 4.99 Å². The fraction of sp³-hybridized carbons (Fsp3) is 0.933. The molecule has 1 aliphatic carbocycles. The van der Waals surface area contributed by atoms with E-state index in [2.05, 4.69) is 36.4 Å². The largest absolute Gasteiger partial charge is 0.388 e. The van der Waals surface area contributed by atoms with Crippen LogP contribution in [0, 0.1) is 5.41 Å².